The van der Waals surface area contributed by atoms with E-state index in [0.29, 0.717) is 17.8 Å². The van der Waals surface area contributed by atoms with E-state index >= 15 is 0 Å². The zero-order chi connectivity index (χ0) is 13.6. The zero-order valence-corrected chi connectivity index (χ0v) is 12.3. The van der Waals surface area contributed by atoms with Crippen LogP contribution in [0.1, 0.15) is 23.7 Å². The maximum Gasteiger partial charge on any atom is 0.251 e. The monoisotopic (exact) mass is 334 g/mol. The van der Waals surface area contributed by atoms with Crippen molar-refractivity contribution in [2.24, 2.45) is 0 Å². The van der Waals surface area contributed by atoms with Crippen molar-refractivity contribution >= 4 is 37.5 Å². The standard InChI is InChI=1S/C11H15BrN2O3S/c1-2-6-13-11(15)9-4-3-5-10(7-9)14-18(16,17)8-12/h3-5,7,14H,2,6,8H2,1H3,(H,13,15). The van der Waals surface area contributed by atoms with Crippen LogP contribution >= 0.6 is 15.9 Å². The Balaban J connectivity index is 2.83. The van der Waals surface area contributed by atoms with Crippen LogP contribution in [0.25, 0.3) is 0 Å². The molecule has 0 radical (unpaired) electrons. The zero-order valence-electron chi connectivity index (χ0n) is 9.94. The van der Waals surface area contributed by atoms with Gasteiger partial charge in [0.05, 0.1) is 0 Å². The molecular weight excluding hydrogens is 320 g/mol. The second-order valence-corrected chi connectivity index (χ2v) is 6.69. The number of hydrogen-bond donors (Lipinski definition) is 2. The molecule has 18 heavy (non-hydrogen) atoms. The summed E-state index contributed by atoms with van der Waals surface area (Å²) in [5.41, 5.74) is 0.803. The average Bonchev–Trinajstić information content (AvgIpc) is 2.35. The number of rotatable bonds is 6. The number of halogens is 1. The third kappa shape index (κ3) is 4.66. The molecule has 1 aromatic carbocycles. The van der Waals surface area contributed by atoms with Crippen LogP contribution in [-0.4, -0.2) is 25.5 Å². The van der Waals surface area contributed by atoms with Crippen LogP contribution in [0.15, 0.2) is 24.3 Å². The van der Waals surface area contributed by atoms with Gasteiger partial charge in [-0.15, -0.1) is 0 Å². The van der Waals surface area contributed by atoms with Gasteiger partial charge in [-0.1, -0.05) is 28.9 Å². The second-order valence-electron chi connectivity index (χ2n) is 3.66. The van der Waals surface area contributed by atoms with Crippen molar-refractivity contribution in [2.75, 3.05) is 15.9 Å². The highest BCUT2D eigenvalue weighted by molar-refractivity contribution is 9.10. The first kappa shape index (κ1) is 15.0. The van der Waals surface area contributed by atoms with Crippen molar-refractivity contribution in [3.8, 4) is 0 Å². The number of carbonyl (C=O) groups is 1. The van der Waals surface area contributed by atoms with Gasteiger partial charge >= 0.3 is 0 Å². The SMILES string of the molecule is CCCNC(=O)c1cccc(NS(=O)(=O)CBr)c1. The van der Waals surface area contributed by atoms with E-state index in [0.717, 1.165) is 6.42 Å². The van der Waals surface area contributed by atoms with Crippen LogP contribution in [0.5, 0.6) is 0 Å². The lowest BCUT2D eigenvalue weighted by molar-refractivity contribution is 0.0953. The van der Waals surface area contributed by atoms with E-state index in [-0.39, 0.29) is 10.6 Å². The Bertz CT molecular complexity index is 517. The predicted molar refractivity (Wildman–Crippen MR) is 75.4 cm³/mol. The number of hydrogen-bond acceptors (Lipinski definition) is 3. The molecule has 2 N–H and O–H groups in total. The minimum absolute atomic E-state index is 0.188. The Morgan fingerprint density at radius 3 is 2.72 bits per heavy atom. The minimum Gasteiger partial charge on any atom is -0.352 e. The highest BCUT2D eigenvalue weighted by Gasteiger charge is 2.10. The van der Waals surface area contributed by atoms with E-state index in [1.165, 1.54) is 6.07 Å². The summed E-state index contributed by atoms with van der Waals surface area (Å²) in [7, 11) is -3.40. The van der Waals surface area contributed by atoms with E-state index in [9.17, 15) is 13.2 Å². The fourth-order valence-corrected chi connectivity index (χ4v) is 2.16. The molecule has 0 aliphatic rings. The fourth-order valence-electron chi connectivity index (χ4n) is 1.27. The van der Waals surface area contributed by atoms with E-state index < -0.39 is 10.0 Å². The summed E-state index contributed by atoms with van der Waals surface area (Å²) in [6, 6.07) is 6.37. The highest BCUT2D eigenvalue weighted by atomic mass is 79.9. The lowest BCUT2D eigenvalue weighted by Crippen LogP contribution is -2.24. The normalized spacial score (nSPS) is 11.0. The number of benzene rings is 1. The number of anilines is 1. The molecule has 0 fully saturated rings. The fraction of sp³-hybridized carbons (Fsp3) is 0.364. The van der Waals surface area contributed by atoms with Gasteiger partial charge in [-0.25, -0.2) is 8.42 Å². The molecule has 0 atom stereocenters. The molecule has 0 saturated heterocycles. The van der Waals surface area contributed by atoms with Gasteiger partial charge in [0.15, 0.2) is 0 Å². The number of nitrogens with one attached hydrogen (secondary N) is 2. The number of sulfonamides is 1. The smallest absolute Gasteiger partial charge is 0.251 e. The summed E-state index contributed by atoms with van der Waals surface area (Å²) >= 11 is 2.88. The Morgan fingerprint density at radius 2 is 2.11 bits per heavy atom. The van der Waals surface area contributed by atoms with Crippen molar-refractivity contribution in [1.82, 2.24) is 5.32 Å². The van der Waals surface area contributed by atoms with Gasteiger partial charge in [-0.3, -0.25) is 9.52 Å². The lowest BCUT2D eigenvalue weighted by Gasteiger charge is -2.08. The molecule has 1 aromatic rings. The summed E-state index contributed by atoms with van der Waals surface area (Å²) < 4.78 is 24.9. The third-order valence-electron chi connectivity index (χ3n) is 2.08. The molecule has 0 aliphatic carbocycles. The van der Waals surface area contributed by atoms with Crippen molar-refractivity contribution in [1.29, 1.82) is 0 Å². The summed E-state index contributed by atoms with van der Waals surface area (Å²) in [4.78, 5) is 11.7. The number of amides is 1. The summed E-state index contributed by atoms with van der Waals surface area (Å²) in [6.45, 7) is 2.55. The topological polar surface area (TPSA) is 75.3 Å². The average molecular weight is 335 g/mol. The molecular formula is C11H15BrN2O3S. The first-order valence-corrected chi connectivity index (χ1v) is 8.20. The van der Waals surface area contributed by atoms with Crippen LogP contribution in [0.4, 0.5) is 5.69 Å². The molecule has 7 heteroatoms. The van der Waals surface area contributed by atoms with Crippen LogP contribution in [0, 0.1) is 0 Å². The summed E-state index contributed by atoms with van der Waals surface area (Å²) in [6.07, 6.45) is 0.849. The Hall–Kier alpha value is -1.08. The van der Waals surface area contributed by atoms with Crippen LogP contribution in [0.2, 0.25) is 0 Å². The molecule has 0 bridgehead atoms. The number of carbonyl (C=O) groups excluding carboxylic acids is 1. The van der Waals surface area contributed by atoms with E-state index in [1.807, 2.05) is 6.92 Å². The van der Waals surface area contributed by atoms with Crippen molar-refractivity contribution in [2.45, 2.75) is 13.3 Å². The Labute approximate surface area is 115 Å². The molecule has 0 unspecified atom stereocenters. The van der Waals surface area contributed by atoms with Gasteiger partial charge in [0, 0.05) is 17.8 Å². The maximum atomic E-state index is 11.7. The van der Waals surface area contributed by atoms with Gasteiger partial charge < -0.3 is 5.32 Å². The van der Waals surface area contributed by atoms with E-state index in [2.05, 4.69) is 26.0 Å². The maximum absolute atomic E-state index is 11.7. The van der Waals surface area contributed by atoms with Crippen LogP contribution in [0.3, 0.4) is 0 Å². The summed E-state index contributed by atoms with van der Waals surface area (Å²) in [5.74, 6) is -0.211. The quantitative estimate of drug-likeness (QED) is 0.780. The first-order valence-electron chi connectivity index (χ1n) is 5.43. The molecule has 0 aliphatic heterocycles. The molecule has 100 valence electrons. The van der Waals surface area contributed by atoms with Crippen LogP contribution in [-0.2, 0) is 10.0 Å². The lowest BCUT2D eigenvalue weighted by atomic mass is 10.2. The van der Waals surface area contributed by atoms with Gasteiger partial charge in [0.2, 0.25) is 10.0 Å². The van der Waals surface area contributed by atoms with Gasteiger partial charge in [0.1, 0.15) is 4.66 Å². The second kappa shape index (κ2) is 6.75. The van der Waals surface area contributed by atoms with E-state index in [1.54, 1.807) is 18.2 Å². The molecule has 0 spiro atoms. The van der Waals surface area contributed by atoms with Crippen molar-refractivity contribution < 1.29 is 13.2 Å². The Kier molecular flexibility index (Phi) is 5.61. The first-order chi connectivity index (χ1) is 8.48. The van der Waals surface area contributed by atoms with Crippen LogP contribution < -0.4 is 10.0 Å². The largest absolute Gasteiger partial charge is 0.352 e. The van der Waals surface area contributed by atoms with Crippen molar-refractivity contribution in [3.05, 3.63) is 29.8 Å². The predicted octanol–water partition coefficient (Wildman–Crippen LogP) is 1.92. The third-order valence-corrected chi connectivity index (χ3v) is 4.72. The van der Waals surface area contributed by atoms with Gasteiger partial charge in [0.25, 0.3) is 5.91 Å². The molecule has 0 saturated carbocycles. The number of alkyl halides is 1. The summed E-state index contributed by atoms with van der Waals surface area (Å²) in [5, 5.41) is 2.73. The molecule has 1 amide bonds. The minimum atomic E-state index is -3.40. The van der Waals surface area contributed by atoms with Gasteiger partial charge in [-0.05, 0) is 24.6 Å². The molecule has 1 rings (SSSR count). The Morgan fingerprint density at radius 1 is 1.39 bits per heavy atom. The highest BCUT2D eigenvalue weighted by Crippen LogP contribution is 2.13. The molecule has 0 heterocycles. The van der Waals surface area contributed by atoms with Crippen molar-refractivity contribution in [3.63, 3.8) is 0 Å². The van der Waals surface area contributed by atoms with Gasteiger partial charge in [-0.2, -0.15) is 0 Å². The molecule has 5 nitrogen and oxygen atoms in total. The van der Waals surface area contributed by atoms with E-state index in [4.69, 9.17) is 0 Å². The molecule has 0 aromatic heterocycles.